The molecule has 0 aromatic heterocycles. The van der Waals surface area contributed by atoms with E-state index >= 15 is 0 Å². The van der Waals surface area contributed by atoms with Gasteiger partial charge < -0.3 is 0 Å². The first kappa shape index (κ1) is 50.1. The van der Waals surface area contributed by atoms with Crippen molar-refractivity contribution in [2.45, 2.75) is 13.1 Å². The van der Waals surface area contributed by atoms with Gasteiger partial charge in [0.15, 0.2) is 0 Å². The molecule has 0 aliphatic carbocycles. The third-order valence-corrected chi connectivity index (χ3v) is 12.7. The van der Waals surface area contributed by atoms with Gasteiger partial charge >= 0.3 is 37.9 Å². The van der Waals surface area contributed by atoms with Crippen molar-refractivity contribution in [1.29, 1.82) is 0 Å². The smallest absolute Gasteiger partial charge is 0.0112 e. The molecule has 0 unspecified atom stereocenters. The van der Waals surface area contributed by atoms with Crippen LogP contribution in [-0.4, -0.2) is 9.52 Å². The van der Waals surface area contributed by atoms with E-state index in [-0.39, 0.29) is 0 Å². The Labute approximate surface area is 446 Å². The summed E-state index contributed by atoms with van der Waals surface area (Å²) in [6, 6.07) is 100. The summed E-state index contributed by atoms with van der Waals surface area (Å²) in [5, 5.41) is 5.12. The molecular weight excluding hydrogens is 1010 g/mol. The van der Waals surface area contributed by atoms with Crippen LogP contribution in [0.2, 0.25) is 13.1 Å². The largest absolute Gasteiger partial charge is 0.144 e. The van der Waals surface area contributed by atoms with Gasteiger partial charge in [-0.3, -0.25) is 0 Å². The maximum atomic E-state index is 4.93. The van der Waals surface area contributed by atoms with Crippen LogP contribution in [0.3, 0.4) is 0 Å². The standard InChI is InChI=1S/2C33H23.C2H6Si.2ClH.Zr/c2*1-4-12-24(13-5-1)28-22-27-20-21-30(26-16-8-3-9-17-26)33(32(27)23-28)31-19-11-10-18-29(31)25-14-6-2-7-15-25;1-3-2;;;/h2*1-23H;1-2H3;2*1H;/q2*-1;;;;+4/p-2. The van der Waals surface area contributed by atoms with E-state index in [1.165, 1.54) is 111 Å². The summed E-state index contributed by atoms with van der Waals surface area (Å²) in [4.78, 5) is 0. The zero-order valence-corrected chi connectivity index (χ0v) is 45.3. The van der Waals surface area contributed by atoms with Gasteiger partial charge in [0, 0.05) is 9.52 Å². The van der Waals surface area contributed by atoms with Crippen molar-refractivity contribution in [2.75, 3.05) is 0 Å². The van der Waals surface area contributed by atoms with E-state index in [2.05, 4.69) is 292 Å². The average Bonchev–Trinajstić information content (AvgIpc) is 4.10. The van der Waals surface area contributed by atoms with Crippen molar-refractivity contribution < 1.29 is 20.8 Å². The molecule has 0 aliphatic heterocycles. The van der Waals surface area contributed by atoms with Crippen molar-refractivity contribution in [3.05, 3.63) is 279 Å². The number of benzene rings is 10. The first-order valence-corrected chi connectivity index (χ1v) is 32.5. The van der Waals surface area contributed by atoms with Gasteiger partial charge in [0.05, 0.1) is 0 Å². The molecule has 0 spiro atoms. The quantitative estimate of drug-likeness (QED) is 0.105. The molecule has 0 amide bonds. The van der Waals surface area contributed by atoms with Crippen LogP contribution in [0.1, 0.15) is 0 Å². The molecule has 0 aliphatic rings. The van der Waals surface area contributed by atoms with Crippen LogP contribution >= 0.6 is 17.0 Å². The van der Waals surface area contributed by atoms with Crippen molar-refractivity contribution in [2.24, 2.45) is 0 Å². The first-order valence-electron chi connectivity index (χ1n) is 24.1. The minimum Gasteiger partial charge on any atom is -0.144 e. The molecule has 0 nitrogen and oxygen atoms in total. The van der Waals surface area contributed by atoms with Crippen LogP contribution in [0.5, 0.6) is 0 Å². The van der Waals surface area contributed by atoms with Crippen molar-refractivity contribution in [3.63, 3.8) is 0 Å². The summed E-state index contributed by atoms with van der Waals surface area (Å²) in [6.07, 6.45) is 0. The second-order valence-electron chi connectivity index (χ2n) is 17.3. The molecule has 346 valence electrons. The molecule has 0 fully saturated rings. The number of hydrogen-bond acceptors (Lipinski definition) is 0. The molecule has 12 aromatic rings. The van der Waals surface area contributed by atoms with Gasteiger partial charge in [-0.15, -0.1) is 69.1 Å². The topological polar surface area (TPSA) is 0 Å². The number of rotatable bonds is 8. The summed E-state index contributed by atoms with van der Waals surface area (Å²) in [5.41, 5.74) is 20.1. The molecule has 12 rings (SSSR count). The van der Waals surface area contributed by atoms with Crippen molar-refractivity contribution in [1.82, 2.24) is 0 Å². The van der Waals surface area contributed by atoms with Gasteiger partial charge in [-0.1, -0.05) is 267 Å². The van der Waals surface area contributed by atoms with Crippen LogP contribution in [0, 0.1) is 0 Å². The van der Waals surface area contributed by atoms with Gasteiger partial charge in [0.25, 0.3) is 0 Å². The molecule has 0 saturated carbocycles. The van der Waals surface area contributed by atoms with Gasteiger partial charge in [0.2, 0.25) is 0 Å². The first-order chi connectivity index (χ1) is 35.6. The van der Waals surface area contributed by atoms with Crippen molar-refractivity contribution in [3.8, 4) is 89.0 Å². The molecule has 0 saturated heterocycles. The predicted molar refractivity (Wildman–Crippen MR) is 312 cm³/mol. The Bertz CT molecular complexity index is 3350. The van der Waals surface area contributed by atoms with E-state index in [0.717, 1.165) is 9.52 Å². The Hall–Kier alpha value is -6.90. The Morgan fingerprint density at radius 3 is 0.819 bits per heavy atom. The molecule has 0 atom stereocenters. The van der Waals surface area contributed by atoms with Gasteiger partial charge in [-0.25, -0.2) is 0 Å². The van der Waals surface area contributed by atoms with E-state index in [0.29, 0.717) is 0 Å². The Balaban J connectivity index is 0.000000161. The van der Waals surface area contributed by atoms with Gasteiger partial charge in [-0.2, -0.15) is 0 Å². The molecule has 2 radical (unpaired) electrons. The maximum absolute atomic E-state index is 4.93. The van der Waals surface area contributed by atoms with Crippen LogP contribution in [-0.2, 0) is 20.8 Å². The predicted octanol–water partition coefficient (Wildman–Crippen LogP) is 20.6. The third kappa shape index (κ3) is 11.6. The number of fused-ring (bicyclic) bond motifs is 2. The maximum Gasteiger partial charge on any atom is -0.0112 e. The second-order valence-corrected chi connectivity index (χ2v) is 22.1. The zero-order valence-electron chi connectivity index (χ0n) is 40.3. The van der Waals surface area contributed by atoms with E-state index in [1.54, 1.807) is 0 Å². The molecule has 0 bridgehead atoms. The zero-order chi connectivity index (χ0) is 49.5. The Morgan fingerprint density at radius 2 is 0.528 bits per heavy atom. The normalized spacial score (nSPS) is 10.5. The van der Waals surface area contributed by atoms with E-state index in [9.17, 15) is 0 Å². The minimum atomic E-state index is -0.826. The van der Waals surface area contributed by atoms with Crippen LogP contribution in [0.25, 0.3) is 111 Å². The summed E-state index contributed by atoms with van der Waals surface area (Å²) >= 11 is -0.826. The molecule has 72 heavy (non-hydrogen) atoms. The van der Waals surface area contributed by atoms with Crippen molar-refractivity contribution >= 4 is 48.1 Å². The fourth-order valence-corrected chi connectivity index (χ4v) is 9.60. The minimum absolute atomic E-state index is 0.826. The summed E-state index contributed by atoms with van der Waals surface area (Å²) in [7, 11) is 11.0. The SMILES string of the molecule is C[Si]C.[Cl][Zr+2][Cl].c1ccc(-c2cc3c(-c4ccccc4-c4ccccc4)c(-c4ccccc4)ccc3[cH-]2)cc1.c1ccc(-c2cc3c(-c4ccccc4-c4ccccc4)c(-c4ccccc4)ccc3[cH-]2)cc1. The number of halogens is 2. The monoisotopic (exact) mass is 1060 g/mol. The Kier molecular flexibility index (Phi) is 17.4. The van der Waals surface area contributed by atoms with E-state index in [1.807, 2.05) is 0 Å². The van der Waals surface area contributed by atoms with Crippen LogP contribution in [0.4, 0.5) is 0 Å². The van der Waals surface area contributed by atoms with Gasteiger partial charge in [0.1, 0.15) is 0 Å². The Morgan fingerprint density at radius 1 is 0.292 bits per heavy atom. The molecule has 0 heterocycles. The van der Waals surface area contributed by atoms with Crippen LogP contribution < -0.4 is 0 Å². The fourth-order valence-electron chi connectivity index (χ4n) is 9.60. The second kappa shape index (κ2) is 25.0. The fraction of sp³-hybridized carbons (Fsp3) is 0.0294. The molecule has 4 heteroatoms. The van der Waals surface area contributed by atoms with Crippen LogP contribution in [0.15, 0.2) is 279 Å². The summed E-state index contributed by atoms with van der Waals surface area (Å²) in [5.74, 6) is 0. The average molecular weight is 1060 g/mol. The van der Waals surface area contributed by atoms with E-state index in [4.69, 9.17) is 17.0 Å². The molecule has 12 aromatic carbocycles. The third-order valence-electron chi connectivity index (χ3n) is 12.7. The summed E-state index contributed by atoms with van der Waals surface area (Å²) in [6.45, 7) is 4.31. The summed E-state index contributed by atoms with van der Waals surface area (Å²) < 4.78 is 0. The molecule has 0 N–H and O–H groups in total. The number of hydrogen-bond donors (Lipinski definition) is 0. The van der Waals surface area contributed by atoms with E-state index < -0.39 is 20.8 Å². The molecular formula is C68H52Cl2SiZr. The van der Waals surface area contributed by atoms with Gasteiger partial charge in [-0.05, 0) is 66.8 Å².